The van der Waals surface area contributed by atoms with E-state index in [2.05, 4.69) is 48.2 Å². The van der Waals surface area contributed by atoms with Gasteiger partial charge >= 0.3 is 0 Å². The minimum atomic E-state index is 0.0470. The molecule has 1 fully saturated rings. The van der Waals surface area contributed by atoms with Crippen LogP contribution in [0.15, 0.2) is 42.5 Å². The number of carbonyl (C=O) groups excluding carboxylic acids is 1. The molecule has 4 nitrogen and oxygen atoms in total. The normalized spacial score (nSPS) is 17.8. The molecule has 0 saturated carbocycles. The minimum absolute atomic E-state index is 0.0470. The molecular weight excluding hydrogens is 310 g/mol. The van der Waals surface area contributed by atoms with Gasteiger partial charge in [0.2, 0.25) is 0 Å². The molecule has 0 bridgehead atoms. The van der Waals surface area contributed by atoms with Crippen molar-refractivity contribution in [3.05, 3.63) is 65.0 Å². The molecule has 132 valence electrons. The Labute approximate surface area is 150 Å². The number of hydrogen-bond donors (Lipinski definition) is 0. The van der Waals surface area contributed by atoms with E-state index < -0.39 is 0 Å². The summed E-state index contributed by atoms with van der Waals surface area (Å²) in [6, 6.07) is 14.5. The van der Waals surface area contributed by atoms with E-state index in [-0.39, 0.29) is 11.9 Å². The zero-order valence-electron chi connectivity index (χ0n) is 15.4. The van der Waals surface area contributed by atoms with Gasteiger partial charge in [-0.1, -0.05) is 30.3 Å². The summed E-state index contributed by atoms with van der Waals surface area (Å²) in [4.78, 5) is 21.6. The molecule has 1 aliphatic rings. The summed E-state index contributed by atoms with van der Waals surface area (Å²) in [6.07, 6.45) is 3.24. The smallest absolute Gasteiger partial charge is 0.272 e. The van der Waals surface area contributed by atoms with Crippen LogP contribution in [0.25, 0.3) is 0 Å². The molecule has 0 unspecified atom stereocenters. The summed E-state index contributed by atoms with van der Waals surface area (Å²) in [5.74, 6) is 0.0470. The van der Waals surface area contributed by atoms with Gasteiger partial charge in [0.15, 0.2) is 0 Å². The average Bonchev–Trinajstić information content (AvgIpc) is 2.61. The maximum absolute atomic E-state index is 13.0. The van der Waals surface area contributed by atoms with Gasteiger partial charge in [-0.05, 0) is 63.5 Å². The molecule has 1 amide bonds. The highest BCUT2D eigenvalue weighted by molar-refractivity contribution is 5.92. The van der Waals surface area contributed by atoms with Crippen molar-refractivity contribution in [3.63, 3.8) is 0 Å². The second-order valence-corrected chi connectivity index (χ2v) is 7.15. The molecule has 1 aromatic heterocycles. The molecule has 2 aromatic rings. The molecule has 4 heteroatoms. The monoisotopic (exact) mass is 337 g/mol. The number of benzene rings is 1. The summed E-state index contributed by atoms with van der Waals surface area (Å²) < 4.78 is 0. The number of amides is 1. The van der Waals surface area contributed by atoms with Crippen molar-refractivity contribution in [2.75, 3.05) is 20.6 Å². The van der Waals surface area contributed by atoms with E-state index in [1.807, 2.05) is 30.0 Å². The highest BCUT2D eigenvalue weighted by Gasteiger charge is 2.29. The lowest BCUT2D eigenvalue weighted by Gasteiger charge is -2.36. The maximum Gasteiger partial charge on any atom is 0.272 e. The Morgan fingerprint density at radius 2 is 1.92 bits per heavy atom. The third-order valence-electron chi connectivity index (χ3n) is 4.73. The molecule has 0 spiro atoms. The summed E-state index contributed by atoms with van der Waals surface area (Å²) in [6.45, 7) is 3.66. The van der Waals surface area contributed by atoms with Crippen LogP contribution < -0.4 is 0 Å². The SMILES string of the molecule is Cc1cccc(C(=O)N2CCCC[C@@H]2c2ccc(CN(C)C)cc2)n1. The lowest BCUT2D eigenvalue weighted by molar-refractivity contribution is 0.0605. The number of likely N-dealkylation sites (tertiary alicyclic amines) is 1. The predicted molar refractivity (Wildman–Crippen MR) is 100 cm³/mol. The Morgan fingerprint density at radius 1 is 1.16 bits per heavy atom. The first kappa shape index (κ1) is 17.6. The van der Waals surface area contributed by atoms with Crippen LogP contribution in [0.3, 0.4) is 0 Å². The number of rotatable bonds is 4. The zero-order valence-corrected chi connectivity index (χ0v) is 15.4. The van der Waals surface area contributed by atoms with Crippen LogP contribution in [0.4, 0.5) is 0 Å². The third kappa shape index (κ3) is 4.26. The van der Waals surface area contributed by atoms with E-state index in [1.54, 1.807) is 0 Å². The zero-order chi connectivity index (χ0) is 17.8. The van der Waals surface area contributed by atoms with Crippen molar-refractivity contribution in [1.29, 1.82) is 0 Å². The fraction of sp³-hybridized carbons (Fsp3) is 0.429. The summed E-state index contributed by atoms with van der Waals surface area (Å²) in [5.41, 5.74) is 3.95. The number of carbonyl (C=O) groups is 1. The van der Waals surface area contributed by atoms with Crippen LogP contribution in [0.5, 0.6) is 0 Å². The number of piperidine rings is 1. The first-order valence-electron chi connectivity index (χ1n) is 9.03. The number of aryl methyl sites for hydroxylation is 1. The van der Waals surface area contributed by atoms with Gasteiger partial charge in [-0.15, -0.1) is 0 Å². The molecule has 1 aromatic carbocycles. The van der Waals surface area contributed by atoms with Gasteiger partial charge in [0, 0.05) is 18.8 Å². The lowest BCUT2D eigenvalue weighted by Crippen LogP contribution is -2.39. The van der Waals surface area contributed by atoms with E-state index in [9.17, 15) is 4.79 Å². The van der Waals surface area contributed by atoms with E-state index >= 15 is 0 Å². The highest BCUT2D eigenvalue weighted by Crippen LogP contribution is 2.32. The van der Waals surface area contributed by atoms with E-state index in [4.69, 9.17) is 0 Å². The second-order valence-electron chi connectivity index (χ2n) is 7.15. The van der Waals surface area contributed by atoms with Gasteiger partial charge in [-0.25, -0.2) is 4.98 Å². The summed E-state index contributed by atoms with van der Waals surface area (Å²) in [7, 11) is 4.15. The molecule has 1 saturated heterocycles. The van der Waals surface area contributed by atoms with Crippen molar-refractivity contribution in [2.24, 2.45) is 0 Å². The van der Waals surface area contributed by atoms with Crippen LogP contribution in [-0.4, -0.2) is 41.3 Å². The van der Waals surface area contributed by atoms with Gasteiger partial charge < -0.3 is 9.80 Å². The average molecular weight is 337 g/mol. The summed E-state index contributed by atoms with van der Waals surface area (Å²) >= 11 is 0. The fourth-order valence-electron chi connectivity index (χ4n) is 3.54. The summed E-state index contributed by atoms with van der Waals surface area (Å²) in [5, 5.41) is 0. The fourth-order valence-corrected chi connectivity index (χ4v) is 3.54. The van der Waals surface area contributed by atoms with Crippen molar-refractivity contribution in [3.8, 4) is 0 Å². The van der Waals surface area contributed by atoms with Crippen LogP contribution in [0, 0.1) is 6.92 Å². The topological polar surface area (TPSA) is 36.4 Å². The van der Waals surface area contributed by atoms with E-state index in [1.165, 1.54) is 11.1 Å². The first-order chi connectivity index (χ1) is 12.0. The predicted octanol–water partition coefficient (Wildman–Crippen LogP) is 3.82. The van der Waals surface area contributed by atoms with Crippen molar-refractivity contribution >= 4 is 5.91 Å². The van der Waals surface area contributed by atoms with Crippen LogP contribution in [0.1, 0.15) is 52.6 Å². The second kappa shape index (κ2) is 7.79. The van der Waals surface area contributed by atoms with E-state index in [0.29, 0.717) is 5.69 Å². The van der Waals surface area contributed by atoms with Crippen LogP contribution in [0.2, 0.25) is 0 Å². The van der Waals surface area contributed by atoms with Gasteiger partial charge in [0.1, 0.15) is 5.69 Å². The van der Waals surface area contributed by atoms with Gasteiger partial charge in [0.05, 0.1) is 6.04 Å². The van der Waals surface area contributed by atoms with E-state index in [0.717, 1.165) is 38.0 Å². The van der Waals surface area contributed by atoms with Crippen molar-refractivity contribution in [2.45, 2.75) is 38.8 Å². The van der Waals surface area contributed by atoms with Crippen molar-refractivity contribution in [1.82, 2.24) is 14.8 Å². The largest absolute Gasteiger partial charge is 0.330 e. The van der Waals surface area contributed by atoms with Gasteiger partial charge in [-0.3, -0.25) is 4.79 Å². The number of aromatic nitrogens is 1. The molecule has 0 aliphatic carbocycles. The Morgan fingerprint density at radius 3 is 2.60 bits per heavy atom. The highest BCUT2D eigenvalue weighted by atomic mass is 16.2. The van der Waals surface area contributed by atoms with Crippen LogP contribution >= 0.6 is 0 Å². The molecule has 1 aliphatic heterocycles. The molecule has 25 heavy (non-hydrogen) atoms. The molecule has 0 N–H and O–H groups in total. The first-order valence-corrected chi connectivity index (χ1v) is 9.03. The number of pyridine rings is 1. The molecule has 0 radical (unpaired) electrons. The quantitative estimate of drug-likeness (QED) is 0.851. The Hall–Kier alpha value is -2.20. The molecular formula is C21H27N3O. The Bertz CT molecular complexity index is 724. The Balaban J connectivity index is 1.82. The molecule has 3 rings (SSSR count). The number of hydrogen-bond acceptors (Lipinski definition) is 3. The van der Waals surface area contributed by atoms with Gasteiger partial charge in [-0.2, -0.15) is 0 Å². The molecule has 1 atom stereocenters. The van der Waals surface area contributed by atoms with Crippen molar-refractivity contribution < 1.29 is 4.79 Å². The number of nitrogens with zero attached hydrogens (tertiary/aromatic N) is 3. The standard InChI is InChI=1S/C21H27N3O/c1-16-7-6-8-19(22-16)21(25)24-14-5-4-9-20(24)18-12-10-17(11-13-18)15-23(2)3/h6-8,10-13,20H,4-5,9,14-15H2,1-3H3/t20-/m1/s1. The third-order valence-corrected chi connectivity index (χ3v) is 4.73. The minimum Gasteiger partial charge on any atom is -0.330 e. The van der Waals surface area contributed by atoms with Gasteiger partial charge in [0.25, 0.3) is 5.91 Å². The van der Waals surface area contributed by atoms with Crippen LogP contribution in [-0.2, 0) is 6.54 Å². The molecule has 2 heterocycles. The maximum atomic E-state index is 13.0. The Kier molecular flexibility index (Phi) is 5.49. The lowest BCUT2D eigenvalue weighted by atomic mass is 9.94.